The van der Waals surface area contributed by atoms with E-state index in [1.807, 2.05) is 6.07 Å². The van der Waals surface area contributed by atoms with Gasteiger partial charge in [0, 0.05) is 12.5 Å². The summed E-state index contributed by atoms with van der Waals surface area (Å²) in [6.45, 7) is 2.30. The molecular weight excluding hydrogens is 538 g/mol. The number of phenols is 1. The van der Waals surface area contributed by atoms with E-state index in [1.165, 1.54) is 11.1 Å². The van der Waals surface area contributed by atoms with Gasteiger partial charge in [0.2, 0.25) is 12.5 Å². The van der Waals surface area contributed by atoms with E-state index < -0.39 is 0 Å². The zero-order valence-electron chi connectivity index (χ0n) is 20.5. The van der Waals surface area contributed by atoms with Gasteiger partial charge in [-0.2, -0.15) is 4.57 Å². The molecule has 0 amide bonds. The lowest BCUT2D eigenvalue weighted by atomic mass is 9.95. The first-order valence-corrected chi connectivity index (χ1v) is 12.2. The second-order valence-corrected chi connectivity index (χ2v) is 8.96. The third kappa shape index (κ3) is 4.98. The molecule has 0 saturated heterocycles. The fraction of sp³-hybridized carbons (Fsp3) is 0.276. The molecular formula is C29H28BrNO6. The van der Waals surface area contributed by atoms with Gasteiger partial charge in [0.05, 0.1) is 31.3 Å². The average molecular weight is 566 g/mol. The number of ether oxygens (including phenoxy) is 5. The van der Waals surface area contributed by atoms with Crippen LogP contribution in [0.15, 0.2) is 60.8 Å². The van der Waals surface area contributed by atoms with Gasteiger partial charge in [0.25, 0.3) is 0 Å². The summed E-state index contributed by atoms with van der Waals surface area (Å²) in [6, 6.07) is 17.2. The molecule has 0 aliphatic carbocycles. The monoisotopic (exact) mass is 565 g/mol. The molecule has 6 rings (SSSR count). The van der Waals surface area contributed by atoms with Gasteiger partial charge >= 0.3 is 0 Å². The first-order valence-electron chi connectivity index (χ1n) is 12.2. The highest BCUT2D eigenvalue weighted by molar-refractivity contribution is 5.91. The molecule has 0 spiro atoms. The molecule has 0 unspecified atom stereocenters. The van der Waals surface area contributed by atoms with Crippen molar-refractivity contribution in [2.75, 3.05) is 27.1 Å². The molecule has 0 bridgehead atoms. The third-order valence-corrected chi connectivity index (χ3v) is 6.69. The number of halogens is 1. The first-order chi connectivity index (χ1) is 17.7. The summed E-state index contributed by atoms with van der Waals surface area (Å²) in [5, 5.41) is 11.5. The Morgan fingerprint density at radius 3 is 2.46 bits per heavy atom. The van der Waals surface area contributed by atoms with Crippen molar-refractivity contribution in [3.05, 3.63) is 66.4 Å². The predicted molar refractivity (Wildman–Crippen MR) is 134 cm³/mol. The molecule has 3 aromatic carbocycles. The maximum Gasteiger partial charge on any atom is 0.231 e. The van der Waals surface area contributed by atoms with Gasteiger partial charge in [-0.15, -0.1) is 0 Å². The number of fused-ring (bicyclic) bond motifs is 5. The van der Waals surface area contributed by atoms with Crippen molar-refractivity contribution >= 4 is 10.8 Å². The van der Waals surface area contributed by atoms with Crippen molar-refractivity contribution < 1.29 is 50.3 Å². The van der Waals surface area contributed by atoms with Gasteiger partial charge < -0.3 is 45.8 Å². The van der Waals surface area contributed by atoms with Crippen molar-refractivity contribution in [2.24, 2.45) is 0 Å². The quantitative estimate of drug-likeness (QED) is 0.260. The van der Waals surface area contributed by atoms with Gasteiger partial charge in [-0.3, -0.25) is 0 Å². The molecule has 1 N–H and O–H groups in total. The summed E-state index contributed by atoms with van der Waals surface area (Å²) in [4.78, 5) is 0. The van der Waals surface area contributed by atoms with Crippen LogP contribution in [0.1, 0.15) is 18.4 Å². The van der Waals surface area contributed by atoms with Crippen LogP contribution in [-0.4, -0.2) is 32.2 Å². The smallest absolute Gasteiger partial charge is 0.231 e. The van der Waals surface area contributed by atoms with Crippen LogP contribution in [0.5, 0.6) is 34.5 Å². The molecule has 0 fully saturated rings. The summed E-state index contributed by atoms with van der Waals surface area (Å²) >= 11 is 0. The minimum Gasteiger partial charge on any atom is -1.00 e. The van der Waals surface area contributed by atoms with Gasteiger partial charge in [-0.05, 0) is 72.3 Å². The lowest BCUT2D eigenvalue weighted by Gasteiger charge is -2.18. The summed E-state index contributed by atoms with van der Waals surface area (Å²) in [5.41, 5.74) is 3.61. The molecule has 0 saturated carbocycles. The molecule has 192 valence electrons. The highest BCUT2D eigenvalue weighted by Crippen LogP contribution is 2.41. The maximum atomic E-state index is 9.37. The van der Waals surface area contributed by atoms with E-state index in [0.29, 0.717) is 13.2 Å². The second-order valence-electron chi connectivity index (χ2n) is 8.96. The molecule has 7 nitrogen and oxygen atoms in total. The zero-order chi connectivity index (χ0) is 24.5. The summed E-state index contributed by atoms with van der Waals surface area (Å²) in [7, 11) is 1.67. The number of aryl methyl sites for hydroxylation is 2. The predicted octanol–water partition coefficient (Wildman–Crippen LogP) is 2.04. The Morgan fingerprint density at radius 1 is 0.919 bits per heavy atom. The van der Waals surface area contributed by atoms with Crippen molar-refractivity contribution in [3.8, 4) is 45.8 Å². The number of hydrogen-bond donors (Lipinski definition) is 1. The number of aromatic hydroxyl groups is 1. The second kappa shape index (κ2) is 10.8. The van der Waals surface area contributed by atoms with Crippen molar-refractivity contribution in [1.82, 2.24) is 0 Å². The average Bonchev–Trinajstić information content (AvgIpc) is 3.37. The molecule has 2 aliphatic rings. The number of unbranched alkanes of at least 4 members (excludes halogenated alkanes) is 1. The summed E-state index contributed by atoms with van der Waals surface area (Å²) in [5.74, 6) is 4.10. The molecule has 2 aliphatic heterocycles. The minimum atomic E-state index is 0. The molecule has 1 aromatic heterocycles. The Labute approximate surface area is 225 Å². The number of methoxy groups -OCH3 is 1. The fourth-order valence-electron chi connectivity index (χ4n) is 4.82. The van der Waals surface area contributed by atoms with Crippen LogP contribution in [0.3, 0.4) is 0 Å². The molecule has 4 aromatic rings. The number of phenolic OH excluding ortho intramolecular Hbond substituents is 1. The number of rotatable bonds is 8. The highest BCUT2D eigenvalue weighted by Gasteiger charge is 2.28. The highest BCUT2D eigenvalue weighted by atomic mass is 79.9. The number of pyridine rings is 1. The lowest BCUT2D eigenvalue weighted by Crippen LogP contribution is -3.00. The Bertz CT molecular complexity index is 1420. The van der Waals surface area contributed by atoms with Gasteiger partial charge in [-0.1, -0.05) is 0 Å². The molecule has 3 heterocycles. The number of aromatic nitrogens is 1. The normalized spacial score (nSPS) is 12.9. The largest absolute Gasteiger partial charge is 1.00 e. The minimum absolute atomic E-state index is 0. The Morgan fingerprint density at radius 2 is 1.68 bits per heavy atom. The molecule has 37 heavy (non-hydrogen) atoms. The van der Waals surface area contributed by atoms with E-state index in [-0.39, 0.29) is 29.5 Å². The van der Waals surface area contributed by atoms with Crippen LogP contribution >= 0.6 is 0 Å². The standard InChI is InChI=1S/C29H27NO6.BrH/c1-32-26-9-4-19-14-25-23-16-28-27(35-18-36-28)15-20(23)10-11-30(25)17-24(19)29(26)34-13-3-2-12-33-22-7-5-21(31)6-8-22;/h4-9,14-17H,2-3,10-13,18H2,1H3;1H. The number of hydrogen-bond acceptors (Lipinski definition) is 6. The SMILES string of the molecule is COc1ccc2cc3[n+](cc2c1OCCCCOc1ccc(O)cc1)CCc1cc2c(cc1-3)OCO2.[Br-]. The van der Waals surface area contributed by atoms with E-state index in [0.717, 1.165) is 71.0 Å². The topological polar surface area (TPSA) is 70.3 Å². The van der Waals surface area contributed by atoms with Crippen LogP contribution < -0.4 is 45.2 Å². The van der Waals surface area contributed by atoms with Crippen LogP contribution in [0.2, 0.25) is 0 Å². The van der Waals surface area contributed by atoms with E-state index in [2.05, 4.69) is 35.0 Å². The maximum absolute atomic E-state index is 9.37. The van der Waals surface area contributed by atoms with E-state index in [1.54, 1.807) is 31.4 Å². The van der Waals surface area contributed by atoms with E-state index in [9.17, 15) is 5.11 Å². The summed E-state index contributed by atoms with van der Waals surface area (Å²) < 4.78 is 31.1. The Hall–Kier alpha value is -3.65. The Kier molecular flexibility index (Phi) is 7.28. The van der Waals surface area contributed by atoms with Crippen molar-refractivity contribution in [1.29, 1.82) is 0 Å². The fourth-order valence-corrected chi connectivity index (χ4v) is 4.82. The van der Waals surface area contributed by atoms with Gasteiger partial charge in [0.15, 0.2) is 35.7 Å². The van der Waals surface area contributed by atoms with Crippen LogP contribution in [0.4, 0.5) is 0 Å². The van der Waals surface area contributed by atoms with Gasteiger partial charge in [0.1, 0.15) is 11.5 Å². The number of nitrogens with zero attached hydrogens (tertiary/aromatic N) is 1. The van der Waals surface area contributed by atoms with E-state index in [4.69, 9.17) is 23.7 Å². The van der Waals surface area contributed by atoms with Crippen molar-refractivity contribution in [3.63, 3.8) is 0 Å². The van der Waals surface area contributed by atoms with Crippen LogP contribution in [-0.2, 0) is 13.0 Å². The van der Waals surface area contributed by atoms with Gasteiger partial charge in [-0.25, -0.2) is 0 Å². The summed E-state index contributed by atoms with van der Waals surface area (Å²) in [6.07, 6.45) is 4.79. The first kappa shape index (κ1) is 25.0. The Balaban J connectivity index is 0.00000280. The molecule has 0 atom stereocenters. The molecule has 0 radical (unpaired) electrons. The van der Waals surface area contributed by atoms with Crippen LogP contribution in [0, 0.1) is 0 Å². The zero-order valence-corrected chi connectivity index (χ0v) is 22.1. The third-order valence-electron chi connectivity index (χ3n) is 6.69. The molecule has 8 heteroatoms. The van der Waals surface area contributed by atoms with E-state index >= 15 is 0 Å². The van der Waals surface area contributed by atoms with Crippen molar-refractivity contribution in [2.45, 2.75) is 25.8 Å². The van der Waals surface area contributed by atoms with Crippen LogP contribution in [0.25, 0.3) is 22.0 Å². The number of benzene rings is 3. The lowest BCUT2D eigenvalue weighted by molar-refractivity contribution is -0.686.